The molecule has 1 fully saturated rings. The van der Waals surface area contributed by atoms with Gasteiger partial charge in [0.25, 0.3) is 0 Å². The van der Waals surface area contributed by atoms with Gasteiger partial charge in [-0.15, -0.1) is 0 Å². The Balaban J connectivity index is 1.86. The van der Waals surface area contributed by atoms with Crippen LogP contribution in [0.3, 0.4) is 0 Å². The fraction of sp³-hybridized carbons (Fsp3) is 0.818. The van der Waals surface area contributed by atoms with E-state index >= 15 is 0 Å². The van der Waals surface area contributed by atoms with Crippen molar-refractivity contribution >= 4 is 0 Å². The summed E-state index contributed by atoms with van der Waals surface area (Å²) >= 11 is 0. The van der Waals surface area contributed by atoms with Crippen molar-refractivity contribution in [2.75, 3.05) is 26.2 Å². The quantitative estimate of drug-likeness (QED) is 0.613. The molecule has 1 N–H and O–H groups in total. The Kier molecular flexibility index (Phi) is 3.01. The van der Waals surface area contributed by atoms with Gasteiger partial charge in [0.2, 0.25) is 0 Å². The smallest absolute Gasteiger partial charge is 0.0224 e. The van der Waals surface area contributed by atoms with E-state index in [9.17, 15) is 0 Å². The van der Waals surface area contributed by atoms with Gasteiger partial charge in [-0.1, -0.05) is 11.6 Å². The second-order valence-electron chi connectivity index (χ2n) is 4.30. The molecule has 0 spiro atoms. The minimum atomic E-state index is 0.804. The molecule has 74 valence electrons. The molecular formula is C11H20N2. The van der Waals surface area contributed by atoms with Crippen molar-refractivity contribution in [3.8, 4) is 0 Å². The predicted octanol–water partition coefficient (Wildman–Crippen LogP) is 1.39. The zero-order valence-electron chi connectivity index (χ0n) is 8.55. The maximum Gasteiger partial charge on any atom is 0.0224 e. The summed E-state index contributed by atoms with van der Waals surface area (Å²) in [4.78, 5) is 2.62. The van der Waals surface area contributed by atoms with Crippen LogP contribution >= 0.6 is 0 Å². The van der Waals surface area contributed by atoms with E-state index in [1.807, 2.05) is 0 Å². The first-order chi connectivity index (χ1) is 6.36. The summed E-state index contributed by atoms with van der Waals surface area (Å²) in [5.41, 5.74) is 1.57. The Hall–Kier alpha value is -0.340. The Morgan fingerprint density at radius 2 is 2.46 bits per heavy atom. The topological polar surface area (TPSA) is 15.3 Å². The van der Waals surface area contributed by atoms with Crippen LogP contribution in [0, 0.1) is 0 Å². The summed E-state index contributed by atoms with van der Waals surface area (Å²) in [5, 5.41) is 3.48. The molecule has 0 bridgehead atoms. The highest BCUT2D eigenvalue weighted by atomic mass is 15.2. The summed E-state index contributed by atoms with van der Waals surface area (Å²) in [7, 11) is 0. The van der Waals surface area contributed by atoms with Gasteiger partial charge < -0.3 is 5.32 Å². The lowest BCUT2D eigenvalue weighted by molar-refractivity contribution is 0.178. The molecule has 0 aromatic rings. The standard InChI is InChI=1S/C11H20N2/c1-10-4-7-13(8-5-10)11-3-2-6-12-9-11/h4,11-12H,2-3,5-9H2,1H3. The van der Waals surface area contributed by atoms with Crippen molar-refractivity contribution in [1.29, 1.82) is 0 Å². The fourth-order valence-corrected chi connectivity index (χ4v) is 2.26. The van der Waals surface area contributed by atoms with Gasteiger partial charge in [-0.25, -0.2) is 0 Å². The molecule has 0 aliphatic carbocycles. The predicted molar refractivity (Wildman–Crippen MR) is 55.8 cm³/mol. The minimum Gasteiger partial charge on any atom is -0.315 e. The molecular weight excluding hydrogens is 160 g/mol. The van der Waals surface area contributed by atoms with Gasteiger partial charge >= 0.3 is 0 Å². The largest absolute Gasteiger partial charge is 0.315 e. The van der Waals surface area contributed by atoms with Gasteiger partial charge in [-0.3, -0.25) is 4.90 Å². The highest BCUT2D eigenvalue weighted by Crippen LogP contribution is 2.16. The van der Waals surface area contributed by atoms with E-state index in [0.717, 1.165) is 6.04 Å². The summed E-state index contributed by atoms with van der Waals surface area (Å²) < 4.78 is 0. The molecule has 2 heterocycles. The molecule has 13 heavy (non-hydrogen) atoms. The minimum absolute atomic E-state index is 0.804. The van der Waals surface area contributed by atoms with Crippen LogP contribution in [0.4, 0.5) is 0 Å². The molecule has 1 atom stereocenters. The van der Waals surface area contributed by atoms with Gasteiger partial charge in [0.1, 0.15) is 0 Å². The summed E-state index contributed by atoms with van der Waals surface area (Å²) in [5.74, 6) is 0. The first kappa shape index (κ1) is 9.22. The molecule has 0 radical (unpaired) electrons. The SMILES string of the molecule is CC1=CCN(C2CCCNC2)CC1. The number of nitrogens with one attached hydrogen (secondary N) is 1. The number of rotatable bonds is 1. The number of piperidine rings is 1. The highest BCUT2D eigenvalue weighted by molar-refractivity contribution is 5.04. The van der Waals surface area contributed by atoms with E-state index < -0.39 is 0 Å². The highest BCUT2D eigenvalue weighted by Gasteiger charge is 2.21. The Bertz CT molecular complexity index is 192. The normalized spacial score (nSPS) is 31.5. The lowest BCUT2D eigenvalue weighted by Gasteiger charge is -2.36. The molecule has 2 heteroatoms. The van der Waals surface area contributed by atoms with Crippen LogP contribution in [0.2, 0.25) is 0 Å². The van der Waals surface area contributed by atoms with Crippen molar-refractivity contribution in [3.63, 3.8) is 0 Å². The molecule has 2 rings (SSSR count). The third-order valence-corrected chi connectivity index (χ3v) is 3.25. The van der Waals surface area contributed by atoms with Crippen molar-refractivity contribution in [3.05, 3.63) is 11.6 Å². The van der Waals surface area contributed by atoms with Gasteiger partial charge in [-0.05, 0) is 32.7 Å². The molecule has 0 aromatic heterocycles. The van der Waals surface area contributed by atoms with E-state index in [4.69, 9.17) is 0 Å². The van der Waals surface area contributed by atoms with E-state index in [2.05, 4.69) is 23.2 Å². The molecule has 2 aliphatic heterocycles. The first-order valence-electron chi connectivity index (χ1n) is 5.46. The number of hydrogen-bond donors (Lipinski definition) is 1. The van der Waals surface area contributed by atoms with Crippen molar-refractivity contribution in [1.82, 2.24) is 10.2 Å². The zero-order chi connectivity index (χ0) is 9.10. The van der Waals surface area contributed by atoms with Gasteiger partial charge in [0.15, 0.2) is 0 Å². The summed E-state index contributed by atoms with van der Waals surface area (Å²) in [6, 6.07) is 0.804. The average molecular weight is 180 g/mol. The Morgan fingerprint density at radius 3 is 3.08 bits per heavy atom. The van der Waals surface area contributed by atoms with Gasteiger partial charge in [0, 0.05) is 25.7 Å². The molecule has 0 aromatic carbocycles. The van der Waals surface area contributed by atoms with Crippen LogP contribution < -0.4 is 5.32 Å². The molecule has 2 nitrogen and oxygen atoms in total. The Morgan fingerprint density at radius 1 is 1.54 bits per heavy atom. The van der Waals surface area contributed by atoms with Crippen molar-refractivity contribution in [2.45, 2.75) is 32.2 Å². The van der Waals surface area contributed by atoms with Crippen molar-refractivity contribution < 1.29 is 0 Å². The van der Waals surface area contributed by atoms with Crippen LogP contribution in [-0.2, 0) is 0 Å². The molecule has 0 amide bonds. The summed E-state index contributed by atoms with van der Waals surface area (Å²) in [6.45, 7) is 7.12. The third-order valence-electron chi connectivity index (χ3n) is 3.25. The second kappa shape index (κ2) is 4.25. The first-order valence-corrected chi connectivity index (χ1v) is 5.46. The fourth-order valence-electron chi connectivity index (χ4n) is 2.26. The monoisotopic (exact) mass is 180 g/mol. The lowest BCUT2D eigenvalue weighted by Crippen LogP contribution is -2.47. The number of hydrogen-bond acceptors (Lipinski definition) is 2. The van der Waals surface area contributed by atoms with Gasteiger partial charge in [-0.2, -0.15) is 0 Å². The lowest BCUT2D eigenvalue weighted by atomic mass is 10.0. The maximum absolute atomic E-state index is 3.48. The van der Waals surface area contributed by atoms with Crippen molar-refractivity contribution in [2.24, 2.45) is 0 Å². The van der Waals surface area contributed by atoms with E-state index in [0.29, 0.717) is 0 Å². The Labute approximate surface area is 81.0 Å². The second-order valence-corrected chi connectivity index (χ2v) is 4.30. The number of nitrogens with zero attached hydrogens (tertiary/aromatic N) is 1. The van der Waals surface area contributed by atoms with E-state index in [1.165, 1.54) is 45.4 Å². The van der Waals surface area contributed by atoms with Crippen LogP contribution in [-0.4, -0.2) is 37.1 Å². The average Bonchev–Trinajstić information content (AvgIpc) is 2.20. The maximum atomic E-state index is 3.48. The molecule has 0 saturated carbocycles. The zero-order valence-corrected chi connectivity index (χ0v) is 8.55. The van der Waals surface area contributed by atoms with E-state index in [-0.39, 0.29) is 0 Å². The van der Waals surface area contributed by atoms with E-state index in [1.54, 1.807) is 5.57 Å². The van der Waals surface area contributed by atoms with Crippen LogP contribution in [0.15, 0.2) is 11.6 Å². The molecule has 1 unspecified atom stereocenters. The molecule has 2 aliphatic rings. The third kappa shape index (κ3) is 2.32. The van der Waals surface area contributed by atoms with Crippen LogP contribution in [0.1, 0.15) is 26.2 Å². The van der Waals surface area contributed by atoms with Crippen LogP contribution in [0.25, 0.3) is 0 Å². The van der Waals surface area contributed by atoms with Crippen LogP contribution in [0.5, 0.6) is 0 Å². The molecule has 1 saturated heterocycles. The van der Waals surface area contributed by atoms with Gasteiger partial charge in [0.05, 0.1) is 0 Å². The summed E-state index contributed by atoms with van der Waals surface area (Å²) in [6.07, 6.45) is 6.40.